The van der Waals surface area contributed by atoms with Gasteiger partial charge >= 0.3 is 0 Å². The van der Waals surface area contributed by atoms with Gasteiger partial charge in [-0.05, 0) is 36.8 Å². The second-order valence-electron chi connectivity index (χ2n) is 4.85. The summed E-state index contributed by atoms with van der Waals surface area (Å²) >= 11 is 1.46. The SMILES string of the molecule is CCC(CCc1cc(S(N)(=O)=O)cs1)c1ccccc1. The lowest BCUT2D eigenvalue weighted by Crippen LogP contribution is -2.10. The fourth-order valence-electron chi connectivity index (χ4n) is 2.29. The molecule has 1 atom stereocenters. The number of nitrogens with two attached hydrogens (primary N) is 1. The predicted molar refractivity (Wildman–Crippen MR) is 83.5 cm³/mol. The Bertz CT molecular complexity index is 648. The maximum Gasteiger partial charge on any atom is 0.238 e. The maximum atomic E-state index is 11.2. The fourth-order valence-corrected chi connectivity index (χ4v) is 4.12. The molecule has 0 fully saturated rings. The lowest BCUT2D eigenvalue weighted by molar-refractivity contribution is 0.597. The molecule has 0 aliphatic carbocycles. The highest BCUT2D eigenvalue weighted by atomic mass is 32.2. The van der Waals surface area contributed by atoms with Gasteiger partial charge in [0.15, 0.2) is 0 Å². The number of aryl methyl sites for hydroxylation is 1. The van der Waals surface area contributed by atoms with E-state index in [0.29, 0.717) is 5.92 Å². The number of rotatable bonds is 6. The van der Waals surface area contributed by atoms with Crippen molar-refractivity contribution in [2.24, 2.45) is 5.14 Å². The second-order valence-corrected chi connectivity index (χ2v) is 7.41. The molecule has 0 spiro atoms. The Morgan fingerprint density at radius 2 is 1.95 bits per heavy atom. The Kier molecular flexibility index (Phi) is 4.96. The van der Waals surface area contributed by atoms with E-state index in [2.05, 4.69) is 31.2 Å². The summed E-state index contributed by atoms with van der Waals surface area (Å²) < 4.78 is 22.5. The van der Waals surface area contributed by atoms with Gasteiger partial charge in [-0.1, -0.05) is 37.3 Å². The van der Waals surface area contributed by atoms with Crippen molar-refractivity contribution in [2.45, 2.75) is 37.0 Å². The standard InChI is InChI=1S/C15H19NO2S2/c1-2-12(13-6-4-3-5-7-13)8-9-14-10-15(11-19-14)20(16,17)18/h3-7,10-12H,2,8-9H2,1H3,(H2,16,17,18). The van der Waals surface area contributed by atoms with E-state index in [1.165, 1.54) is 16.9 Å². The van der Waals surface area contributed by atoms with Crippen LogP contribution in [0.4, 0.5) is 0 Å². The largest absolute Gasteiger partial charge is 0.238 e. The summed E-state index contributed by atoms with van der Waals surface area (Å²) in [6, 6.07) is 12.1. The summed E-state index contributed by atoms with van der Waals surface area (Å²) in [6.07, 6.45) is 2.98. The monoisotopic (exact) mass is 309 g/mol. The Hall–Kier alpha value is -1.17. The molecule has 1 heterocycles. The number of primary sulfonamides is 1. The van der Waals surface area contributed by atoms with Crippen molar-refractivity contribution in [1.82, 2.24) is 0 Å². The molecular weight excluding hydrogens is 290 g/mol. The van der Waals surface area contributed by atoms with Crippen molar-refractivity contribution in [3.63, 3.8) is 0 Å². The van der Waals surface area contributed by atoms with E-state index >= 15 is 0 Å². The molecule has 5 heteroatoms. The van der Waals surface area contributed by atoms with Gasteiger partial charge in [0.05, 0.1) is 4.90 Å². The van der Waals surface area contributed by atoms with E-state index in [1.54, 1.807) is 11.4 Å². The van der Waals surface area contributed by atoms with Gasteiger partial charge in [-0.2, -0.15) is 0 Å². The number of hydrogen-bond acceptors (Lipinski definition) is 3. The van der Waals surface area contributed by atoms with Crippen LogP contribution in [0.5, 0.6) is 0 Å². The molecule has 0 saturated carbocycles. The second kappa shape index (κ2) is 6.52. The van der Waals surface area contributed by atoms with Gasteiger partial charge in [-0.15, -0.1) is 11.3 Å². The summed E-state index contributed by atoms with van der Waals surface area (Å²) in [7, 11) is -3.57. The third-order valence-corrected chi connectivity index (χ3v) is 5.50. The molecule has 0 saturated heterocycles. The number of sulfonamides is 1. The summed E-state index contributed by atoms with van der Waals surface area (Å²) in [4.78, 5) is 1.30. The summed E-state index contributed by atoms with van der Waals surface area (Å²) in [6.45, 7) is 2.18. The zero-order chi connectivity index (χ0) is 14.6. The molecule has 0 amide bonds. The third-order valence-electron chi connectivity index (χ3n) is 3.46. The van der Waals surface area contributed by atoms with Gasteiger partial charge in [-0.25, -0.2) is 13.6 Å². The molecular formula is C15H19NO2S2. The molecule has 2 rings (SSSR count). The zero-order valence-corrected chi connectivity index (χ0v) is 13.1. The van der Waals surface area contributed by atoms with Crippen LogP contribution in [0.2, 0.25) is 0 Å². The highest BCUT2D eigenvalue weighted by molar-refractivity contribution is 7.89. The summed E-state index contributed by atoms with van der Waals surface area (Å²) in [5.74, 6) is 0.510. The first kappa shape index (κ1) is 15.2. The van der Waals surface area contributed by atoms with Crippen LogP contribution in [0.3, 0.4) is 0 Å². The van der Waals surface area contributed by atoms with Gasteiger partial charge in [-0.3, -0.25) is 0 Å². The lowest BCUT2D eigenvalue weighted by Gasteiger charge is -2.14. The number of hydrogen-bond donors (Lipinski definition) is 1. The average molecular weight is 309 g/mol. The quantitative estimate of drug-likeness (QED) is 0.887. The number of benzene rings is 1. The molecule has 0 aliphatic heterocycles. The molecule has 0 aliphatic rings. The highest BCUT2D eigenvalue weighted by Crippen LogP contribution is 2.27. The van der Waals surface area contributed by atoms with E-state index in [0.717, 1.165) is 24.1 Å². The van der Waals surface area contributed by atoms with E-state index in [1.807, 2.05) is 6.07 Å². The van der Waals surface area contributed by atoms with E-state index in [9.17, 15) is 8.42 Å². The smallest absolute Gasteiger partial charge is 0.225 e. The predicted octanol–water partition coefficient (Wildman–Crippen LogP) is 3.52. The van der Waals surface area contributed by atoms with Crippen LogP contribution < -0.4 is 5.14 Å². The normalized spacial score (nSPS) is 13.3. The minimum absolute atomic E-state index is 0.227. The first-order valence-corrected chi connectivity index (χ1v) is 9.08. The van der Waals surface area contributed by atoms with Crippen LogP contribution in [-0.4, -0.2) is 8.42 Å². The van der Waals surface area contributed by atoms with Gasteiger partial charge in [0.25, 0.3) is 0 Å². The molecule has 0 radical (unpaired) electrons. The van der Waals surface area contributed by atoms with Gasteiger partial charge in [0, 0.05) is 10.3 Å². The van der Waals surface area contributed by atoms with E-state index in [-0.39, 0.29) is 4.90 Å². The van der Waals surface area contributed by atoms with Crippen LogP contribution in [0, 0.1) is 0 Å². The molecule has 3 nitrogen and oxygen atoms in total. The van der Waals surface area contributed by atoms with Crippen molar-refractivity contribution in [3.05, 3.63) is 52.2 Å². The van der Waals surface area contributed by atoms with E-state index < -0.39 is 10.0 Å². The molecule has 1 aromatic carbocycles. The van der Waals surface area contributed by atoms with Crippen LogP contribution >= 0.6 is 11.3 Å². The van der Waals surface area contributed by atoms with E-state index in [4.69, 9.17) is 5.14 Å². The average Bonchev–Trinajstić information content (AvgIpc) is 2.89. The third kappa shape index (κ3) is 3.91. The van der Waals surface area contributed by atoms with Gasteiger partial charge < -0.3 is 0 Å². The lowest BCUT2D eigenvalue weighted by atomic mass is 9.92. The van der Waals surface area contributed by atoms with Crippen LogP contribution in [-0.2, 0) is 16.4 Å². The molecule has 1 unspecified atom stereocenters. The van der Waals surface area contributed by atoms with Gasteiger partial charge in [0.1, 0.15) is 0 Å². The van der Waals surface area contributed by atoms with Crippen LogP contribution in [0.15, 0.2) is 46.7 Å². The molecule has 2 aromatic rings. The minimum atomic E-state index is -3.57. The zero-order valence-electron chi connectivity index (χ0n) is 11.5. The number of thiophene rings is 1. The van der Waals surface area contributed by atoms with Crippen molar-refractivity contribution in [1.29, 1.82) is 0 Å². The first-order valence-electron chi connectivity index (χ1n) is 6.66. The molecule has 1 aromatic heterocycles. The summed E-state index contributed by atoms with van der Waals surface area (Å²) in [5, 5.41) is 6.74. The Morgan fingerprint density at radius 1 is 1.25 bits per heavy atom. The van der Waals surface area contributed by atoms with Crippen molar-refractivity contribution in [3.8, 4) is 0 Å². The maximum absolute atomic E-state index is 11.2. The Labute approximate surface area is 124 Å². The Balaban J connectivity index is 2.02. The van der Waals surface area contributed by atoms with Crippen molar-refractivity contribution in [2.75, 3.05) is 0 Å². The van der Waals surface area contributed by atoms with Crippen molar-refractivity contribution < 1.29 is 8.42 Å². The highest BCUT2D eigenvalue weighted by Gasteiger charge is 2.13. The van der Waals surface area contributed by atoms with Crippen LogP contribution in [0.25, 0.3) is 0 Å². The molecule has 108 valence electrons. The molecule has 0 bridgehead atoms. The topological polar surface area (TPSA) is 60.2 Å². The van der Waals surface area contributed by atoms with Crippen molar-refractivity contribution >= 4 is 21.4 Å². The van der Waals surface area contributed by atoms with Gasteiger partial charge in [0.2, 0.25) is 10.0 Å². The minimum Gasteiger partial charge on any atom is -0.225 e. The van der Waals surface area contributed by atoms with Crippen LogP contribution in [0.1, 0.15) is 36.1 Å². The molecule has 2 N–H and O–H groups in total. The Morgan fingerprint density at radius 3 is 2.50 bits per heavy atom. The molecule has 20 heavy (non-hydrogen) atoms. The first-order chi connectivity index (χ1) is 9.50. The fraction of sp³-hybridized carbons (Fsp3) is 0.333. The summed E-state index contributed by atoms with van der Waals surface area (Å²) in [5.41, 5.74) is 1.35.